The van der Waals surface area contributed by atoms with Crippen LogP contribution in [0.4, 0.5) is 4.39 Å². The molecule has 0 amide bonds. The van der Waals surface area contributed by atoms with Crippen LogP contribution in [-0.2, 0) is 4.79 Å². The molecule has 2 nitrogen and oxygen atoms in total. The Bertz CT molecular complexity index is 174. The Kier molecular flexibility index (Phi) is 4.52. The molecule has 14 heavy (non-hydrogen) atoms. The van der Waals surface area contributed by atoms with E-state index in [-0.39, 0.29) is 12.6 Å². The first-order chi connectivity index (χ1) is 6.69. The summed E-state index contributed by atoms with van der Waals surface area (Å²) in [5, 5.41) is 0. The minimum absolute atomic E-state index is 0.210. The summed E-state index contributed by atoms with van der Waals surface area (Å²) >= 11 is 0. The molecule has 1 aliphatic heterocycles. The molecule has 0 N–H and O–H groups in total. The molecule has 1 rings (SSSR count). The molecular formula is C11H20FNO. The Morgan fingerprint density at radius 1 is 1.36 bits per heavy atom. The van der Waals surface area contributed by atoms with Gasteiger partial charge in [0.05, 0.1) is 6.67 Å². The summed E-state index contributed by atoms with van der Waals surface area (Å²) in [6, 6.07) is 0.834. The summed E-state index contributed by atoms with van der Waals surface area (Å²) in [6.07, 6.45) is 3.54. The van der Waals surface area contributed by atoms with Crippen molar-refractivity contribution in [1.29, 1.82) is 0 Å². The van der Waals surface area contributed by atoms with Crippen LogP contribution in [0.2, 0.25) is 0 Å². The number of carbonyl (C=O) groups excluding carboxylic acids is 1. The normalized spacial score (nSPS) is 34.4. The third kappa shape index (κ3) is 2.77. The van der Waals surface area contributed by atoms with Gasteiger partial charge in [0.1, 0.15) is 6.29 Å². The van der Waals surface area contributed by atoms with E-state index >= 15 is 0 Å². The van der Waals surface area contributed by atoms with Gasteiger partial charge in [0.2, 0.25) is 0 Å². The monoisotopic (exact) mass is 201 g/mol. The third-order valence-corrected chi connectivity index (χ3v) is 3.16. The molecule has 0 spiro atoms. The molecule has 1 unspecified atom stereocenters. The molecule has 1 fully saturated rings. The van der Waals surface area contributed by atoms with Crippen molar-refractivity contribution in [1.82, 2.24) is 4.90 Å². The molecule has 0 aromatic carbocycles. The molecule has 1 saturated heterocycles. The maximum atomic E-state index is 12.1. The lowest BCUT2D eigenvalue weighted by atomic mass is 9.88. The van der Waals surface area contributed by atoms with Gasteiger partial charge in [0.15, 0.2) is 0 Å². The predicted octanol–water partition coefficient (Wildman–Crippen LogP) is 2.03. The lowest BCUT2D eigenvalue weighted by Gasteiger charge is -2.41. The number of rotatable bonds is 4. The van der Waals surface area contributed by atoms with E-state index in [1.54, 1.807) is 0 Å². The molecule has 1 heterocycles. The van der Waals surface area contributed by atoms with Crippen molar-refractivity contribution in [3.05, 3.63) is 0 Å². The second-order valence-electron chi connectivity index (χ2n) is 4.35. The van der Waals surface area contributed by atoms with Crippen molar-refractivity contribution in [3.63, 3.8) is 0 Å². The van der Waals surface area contributed by atoms with Gasteiger partial charge < -0.3 is 4.79 Å². The second-order valence-corrected chi connectivity index (χ2v) is 4.35. The summed E-state index contributed by atoms with van der Waals surface area (Å²) < 4.78 is 12.1. The number of hydrogen-bond donors (Lipinski definition) is 0. The average molecular weight is 201 g/mol. The molecule has 0 aromatic heterocycles. The Morgan fingerprint density at radius 3 is 2.36 bits per heavy atom. The van der Waals surface area contributed by atoms with Gasteiger partial charge in [0, 0.05) is 24.5 Å². The minimum Gasteiger partial charge on any atom is -0.303 e. The van der Waals surface area contributed by atoms with E-state index in [1.165, 1.54) is 0 Å². The third-order valence-electron chi connectivity index (χ3n) is 3.16. The van der Waals surface area contributed by atoms with E-state index in [9.17, 15) is 9.18 Å². The fraction of sp³-hybridized carbons (Fsp3) is 0.909. The lowest BCUT2D eigenvalue weighted by Crippen LogP contribution is -2.47. The summed E-state index contributed by atoms with van der Waals surface area (Å²) in [5.74, 6) is 0.210. The molecular weight excluding hydrogens is 181 g/mol. The van der Waals surface area contributed by atoms with E-state index in [0.717, 1.165) is 25.7 Å². The number of aldehydes is 1. The molecule has 0 saturated carbocycles. The Balaban J connectivity index is 2.47. The first kappa shape index (κ1) is 11.6. The summed E-state index contributed by atoms with van der Waals surface area (Å²) in [7, 11) is 0. The fourth-order valence-corrected chi connectivity index (χ4v) is 2.47. The molecule has 0 radical (unpaired) electrons. The SMILES string of the molecule is C[C@@H]1CC(C=O)C[C@H](C)N1CCCF. The van der Waals surface area contributed by atoms with Gasteiger partial charge in [0.25, 0.3) is 0 Å². The first-order valence-electron chi connectivity index (χ1n) is 5.46. The van der Waals surface area contributed by atoms with Crippen molar-refractivity contribution in [2.75, 3.05) is 13.2 Å². The van der Waals surface area contributed by atoms with Crippen molar-refractivity contribution in [3.8, 4) is 0 Å². The van der Waals surface area contributed by atoms with Crippen LogP contribution in [0.5, 0.6) is 0 Å². The van der Waals surface area contributed by atoms with Crippen LogP contribution in [0.3, 0.4) is 0 Å². The molecule has 3 heteroatoms. The number of nitrogens with zero attached hydrogens (tertiary/aromatic N) is 1. The van der Waals surface area contributed by atoms with Crippen LogP contribution >= 0.6 is 0 Å². The number of likely N-dealkylation sites (tertiary alicyclic amines) is 1. The van der Waals surface area contributed by atoms with Crippen LogP contribution in [0.15, 0.2) is 0 Å². The van der Waals surface area contributed by atoms with Crippen LogP contribution < -0.4 is 0 Å². The van der Waals surface area contributed by atoms with Gasteiger partial charge >= 0.3 is 0 Å². The number of alkyl halides is 1. The van der Waals surface area contributed by atoms with Crippen molar-refractivity contribution < 1.29 is 9.18 Å². The zero-order valence-electron chi connectivity index (χ0n) is 9.08. The highest BCUT2D eigenvalue weighted by Crippen LogP contribution is 2.26. The summed E-state index contributed by atoms with van der Waals surface area (Å²) in [4.78, 5) is 13.0. The number of carbonyl (C=O) groups is 1. The number of piperidine rings is 1. The second kappa shape index (κ2) is 5.44. The number of hydrogen-bond acceptors (Lipinski definition) is 2. The van der Waals surface area contributed by atoms with Crippen LogP contribution in [0.1, 0.15) is 33.1 Å². The Labute approximate surface area is 85.5 Å². The van der Waals surface area contributed by atoms with Gasteiger partial charge in [-0.3, -0.25) is 9.29 Å². The zero-order valence-corrected chi connectivity index (χ0v) is 9.08. The summed E-state index contributed by atoms with van der Waals surface area (Å²) in [6.45, 7) is 4.84. The van der Waals surface area contributed by atoms with Crippen LogP contribution in [0.25, 0.3) is 0 Å². The smallest absolute Gasteiger partial charge is 0.123 e. The number of halogens is 1. The van der Waals surface area contributed by atoms with Gasteiger partial charge in [-0.05, 0) is 33.1 Å². The van der Waals surface area contributed by atoms with E-state index < -0.39 is 0 Å². The highest BCUT2D eigenvalue weighted by atomic mass is 19.1. The zero-order chi connectivity index (χ0) is 10.6. The highest BCUT2D eigenvalue weighted by molar-refractivity contribution is 5.53. The van der Waals surface area contributed by atoms with Crippen molar-refractivity contribution in [2.24, 2.45) is 5.92 Å². The van der Waals surface area contributed by atoms with Crippen LogP contribution in [-0.4, -0.2) is 36.5 Å². The fourth-order valence-electron chi connectivity index (χ4n) is 2.47. The Hall–Kier alpha value is -0.440. The standard InChI is InChI=1S/C11H20FNO/c1-9-6-11(8-14)7-10(2)13(9)5-3-4-12/h8-11H,3-7H2,1-2H3/t9-,10+,11?. The van der Waals surface area contributed by atoms with Gasteiger partial charge in [-0.25, -0.2) is 0 Å². The van der Waals surface area contributed by atoms with E-state index in [0.29, 0.717) is 18.5 Å². The molecule has 82 valence electrons. The maximum Gasteiger partial charge on any atom is 0.123 e. The topological polar surface area (TPSA) is 20.3 Å². The molecule has 3 atom stereocenters. The van der Waals surface area contributed by atoms with Gasteiger partial charge in [-0.2, -0.15) is 0 Å². The molecule has 0 aliphatic carbocycles. The predicted molar refractivity (Wildman–Crippen MR) is 55.0 cm³/mol. The largest absolute Gasteiger partial charge is 0.303 e. The van der Waals surface area contributed by atoms with Crippen LogP contribution in [0, 0.1) is 5.92 Å². The van der Waals surface area contributed by atoms with Gasteiger partial charge in [-0.15, -0.1) is 0 Å². The average Bonchev–Trinajstić information content (AvgIpc) is 2.16. The maximum absolute atomic E-state index is 12.1. The van der Waals surface area contributed by atoms with Crippen molar-refractivity contribution >= 4 is 6.29 Å². The van der Waals surface area contributed by atoms with Crippen molar-refractivity contribution in [2.45, 2.75) is 45.2 Å². The lowest BCUT2D eigenvalue weighted by molar-refractivity contribution is -0.113. The Morgan fingerprint density at radius 2 is 1.93 bits per heavy atom. The molecule has 0 aromatic rings. The minimum atomic E-state index is -0.243. The van der Waals surface area contributed by atoms with E-state index in [4.69, 9.17) is 0 Å². The quantitative estimate of drug-likeness (QED) is 0.649. The summed E-state index contributed by atoms with van der Waals surface area (Å²) in [5.41, 5.74) is 0. The molecule has 1 aliphatic rings. The molecule has 0 bridgehead atoms. The first-order valence-corrected chi connectivity index (χ1v) is 5.46. The highest BCUT2D eigenvalue weighted by Gasteiger charge is 2.29. The van der Waals surface area contributed by atoms with E-state index in [2.05, 4.69) is 18.7 Å². The van der Waals surface area contributed by atoms with Gasteiger partial charge in [-0.1, -0.05) is 0 Å². The van der Waals surface area contributed by atoms with E-state index in [1.807, 2.05) is 0 Å².